The number of anilines is 1. The van der Waals surface area contributed by atoms with E-state index in [1.807, 2.05) is 47.8 Å². The molecule has 27 heavy (non-hydrogen) atoms. The monoisotopic (exact) mass is 555 g/mol. The molecule has 0 aliphatic heterocycles. The molecule has 0 radical (unpaired) electrons. The fraction of sp³-hybridized carbons (Fsp3) is 0.100. The van der Waals surface area contributed by atoms with Crippen LogP contribution in [-0.2, 0) is 4.74 Å². The van der Waals surface area contributed by atoms with Crippen LogP contribution in [0.2, 0.25) is 0 Å². The molecule has 0 atom stereocenters. The Kier molecular flexibility index (Phi) is 6.67. The number of esters is 1. The molecule has 1 amide bonds. The maximum Gasteiger partial charge on any atom is 0.341 e. The third-order valence-corrected chi connectivity index (χ3v) is 6.14. The Labute approximate surface area is 183 Å². The number of benzene rings is 2. The molecule has 1 aromatic heterocycles. The molecule has 1 N–H and O–H groups in total. The number of thiophene rings is 1. The highest BCUT2D eigenvalue weighted by Gasteiger charge is 2.23. The first-order valence-corrected chi connectivity index (χ1v) is 10.9. The summed E-state index contributed by atoms with van der Waals surface area (Å²) in [5.74, 6) is -0.704. The van der Waals surface area contributed by atoms with E-state index >= 15 is 0 Å². The van der Waals surface area contributed by atoms with Crippen LogP contribution in [-0.4, -0.2) is 18.5 Å². The van der Waals surface area contributed by atoms with Crippen molar-refractivity contribution in [2.45, 2.75) is 6.92 Å². The van der Waals surface area contributed by atoms with E-state index in [0.717, 1.165) is 19.2 Å². The number of hydrogen-bond donors (Lipinski definition) is 1. The predicted octanol–water partition coefficient (Wildman–Crippen LogP) is 6.21. The van der Waals surface area contributed by atoms with Gasteiger partial charge in [-0.3, -0.25) is 4.79 Å². The van der Waals surface area contributed by atoms with Crippen LogP contribution in [0.5, 0.6) is 0 Å². The van der Waals surface area contributed by atoms with Gasteiger partial charge in [0, 0.05) is 19.0 Å². The van der Waals surface area contributed by atoms with Crippen LogP contribution < -0.4 is 5.32 Å². The van der Waals surface area contributed by atoms with E-state index in [1.54, 1.807) is 13.0 Å². The molecule has 0 saturated carbocycles. The highest BCUT2D eigenvalue weighted by atomic mass is 127. The van der Waals surface area contributed by atoms with Gasteiger partial charge < -0.3 is 10.1 Å². The first-order valence-electron chi connectivity index (χ1n) is 8.11. The Bertz CT molecular complexity index is 985. The molecule has 3 aromatic rings. The highest BCUT2D eigenvalue weighted by Crippen LogP contribution is 2.37. The van der Waals surface area contributed by atoms with Gasteiger partial charge >= 0.3 is 5.97 Å². The number of hydrogen-bond acceptors (Lipinski definition) is 4. The lowest BCUT2D eigenvalue weighted by molar-refractivity contribution is 0.0529. The second-order valence-corrected chi connectivity index (χ2v) is 8.47. The van der Waals surface area contributed by atoms with Crippen molar-refractivity contribution in [2.75, 3.05) is 11.9 Å². The van der Waals surface area contributed by atoms with E-state index in [4.69, 9.17) is 4.74 Å². The summed E-state index contributed by atoms with van der Waals surface area (Å²) in [5.41, 5.74) is 2.56. The first-order chi connectivity index (χ1) is 13.0. The zero-order chi connectivity index (χ0) is 19.4. The number of ether oxygens (including phenoxy) is 1. The van der Waals surface area contributed by atoms with Gasteiger partial charge in [-0.15, -0.1) is 11.3 Å². The van der Waals surface area contributed by atoms with Gasteiger partial charge in [0.1, 0.15) is 10.6 Å². The second-order valence-electron chi connectivity index (χ2n) is 5.51. The van der Waals surface area contributed by atoms with E-state index < -0.39 is 5.97 Å². The summed E-state index contributed by atoms with van der Waals surface area (Å²) in [5, 5.41) is 5.22. The predicted molar refractivity (Wildman–Crippen MR) is 121 cm³/mol. The van der Waals surface area contributed by atoms with Gasteiger partial charge in [0.25, 0.3) is 5.91 Å². The molecule has 4 nitrogen and oxygen atoms in total. The summed E-state index contributed by atoms with van der Waals surface area (Å²) in [7, 11) is 0. The van der Waals surface area contributed by atoms with Gasteiger partial charge in [-0.25, -0.2) is 4.79 Å². The lowest BCUT2D eigenvalue weighted by Crippen LogP contribution is -2.15. The fourth-order valence-corrected chi connectivity index (χ4v) is 4.36. The Balaban J connectivity index is 2.00. The van der Waals surface area contributed by atoms with Gasteiger partial charge in [-0.1, -0.05) is 40.2 Å². The molecule has 0 fully saturated rings. The summed E-state index contributed by atoms with van der Waals surface area (Å²) < 4.78 is 7.02. The Morgan fingerprint density at radius 3 is 2.52 bits per heavy atom. The van der Waals surface area contributed by atoms with Crippen molar-refractivity contribution in [1.29, 1.82) is 0 Å². The molecule has 7 heteroatoms. The lowest BCUT2D eigenvalue weighted by Gasteiger charge is -2.09. The standard InChI is InChI=1S/C20H15BrINO3S/c1-2-26-20(25)17-15(12-7-9-13(21)10-8-12)11-27-19(17)23-18(24)14-5-3-4-6-16(14)22/h3-11H,2H2,1H3,(H,23,24). The molecule has 0 unspecified atom stereocenters. The molecule has 0 spiro atoms. The Morgan fingerprint density at radius 2 is 1.85 bits per heavy atom. The molecule has 138 valence electrons. The third-order valence-electron chi connectivity index (χ3n) is 3.77. The number of carbonyl (C=O) groups excluding carboxylic acids is 2. The SMILES string of the molecule is CCOC(=O)c1c(-c2ccc(Br)cc2)csc1NC(=O)c1ccccc1I. The number of carbonyl (C=O) groups is 2. The number of halogens is 2. The van der Waals surface area contributed by atoms with E-state index in [-0.39, 0.29) is 12.5 Å². The molecule has 0 aliphatic carbocycles. The summed E-state index contributed by atoms with van der Waals surface area (Å²) in [4.78, 5) is 25.3. The van der Waals surface area contributed by atoms with Crippen molar-refractivity contribution in [3.8, 4) is 11.1 Å². The van der Waals surface area contributed by atoms with Crippen LogP contribution in [0.3, 0.4) is 0 Å². The quantitative estimate of drug-likeness (QED) is 0.301. The molecule has 0 saturated heterocycles. The van der Waals surface area contributed by atoms with Crippen LogP contribution in [0.4, 0.5) is 5.00 Å². The maximum absolute atomic E-state index is 12.7. The Hall–Kier alpha value is -1.71. The van der Waals surface area contributed by atoms with Crippen LogP contribution in [0.15, 0.2) is 58.4 Å². The lowest BCUT2D eigenvalue weighted by atomic mass is 10.0. The number of amides is 1. The summed E-state index contributed by atoms with van der Waals surface area (Å²) in [6.45, 7) is 2.02. The highest BCUT2D eigenvalue weighted by molar-refractivity contribution is 14.1. The molecular formula is C20H15BrINO3S. The minimum Gasteiger partial charge on any atom is -0.462 e. The summed E-state index contributed by atoms with van der Waals surface area (Å²) in [6, 6.07) is 15.0. The van der Waals surface area contributed by atoms with Gasteiger partial charge in [0.05, 0.1) is 12.2 Å². The topological polar surface area (TPSA) is 55.4 Å². The minimum atomic E-state index is -0.449. The molecule has 3 rings (SSSR count). The zero-order valence-corrected chi connectivity index (χ0v) is 18.9. The second kappa shape index (κ2) is 8.99. The molecule has 0 aliphatic rings. The average molecular weight is 556 g/mol. The van der Waals surface area contributed by atoms with E-state index in [1.165, 1.54) is 11.3 Å². The molecule has 2 aromatic carbocycles. The maximum atomic E-state index is 12.7. The van der Waals surface area contributed by atoms with Crippen LogP contribution in [0.25, 0.3) is 11.1 Å². The van der Waals surface area contributed by atoms with Crippen molar-refractivity contribution in [3.63, 3.8) is 0 Å². The number of rotatable bonds is 5. The third kappa shape index (κ3) is 4.59. The fourth-order valence-electron chi connectivity index (χ4n) is 2.51. The molecular weight excluding hydrogens is 541 g/mol. The summed E-state index contributed by atoms with van der Waals surface area (Å²) >= 11 is 6.84. The summed E-state index contributed by atoms with van der Waals surface area (Å²) in [6.07, 6.45) is 0. The van der Waals surface area contributed by atoms with Crippen molar-refractivity contribution in [1.82, 2.24) is 0 Å². The van der Waals surface area contributed by atoms with Crippen molar-refractivity contribution in [2.24, 2.45) is 0 Å². The van der Waals surface area contributed by atoms with Crippen molar-refractivity contribution >= 4 is 66.7 Å². The van der Waals surface area contributed by atoms with Gasteiger partial charge in [0.2, 0.25) is 0 Å². The number of nitrogens with one attached hydrogen (secondary N) is 1. The van der Waals surface area contributed by atoms with E-state index in [0.29, 0.717) is 16.1 Å². The average Bonchev–Trinajstić information content (AvgIpc) is 3.06. The van der Waals surface area contributed by atoms with Crippen molar-refractivity contribution in [3.05, 3.63) is 73.1 Å². The van der Waals surface area contributed by atoms with Crippen LogP contribution >= 0.6 is 49.9 Å². The first kappa shape index (κ1) is 20.0. The Morgan fingerprint density at radius 1 is 1.15 bits per heavy atom. The van der Waals surface area contributed by atoms with Crippen molar-refractivity contribution < 1.29 is 14.3 Å². The normalized spacial score (nSPS) is 10.5. The van der Waals surface area contributed by atoms with Crippen LogP contribution in [0, 0.1) is 3.57 Å². The minimum absolute atomic E-state index is 0.255. The van der Waals surface area contributed by atoms with Gasteiger partial charge in [0.15, 0.2) is 0 Å². The molecule has 0 bridgehead atoms. The van der Waals surface area contributed by atoms with Gasteiger partial charge in [-0.2, -0.15) is 0 Å². The van der Waals surface area contributed by atoms with E-state index in [2.05, 4.69) is 43.8 Å². The largest absolute Gasteiger partial charge is 0.462 e. The van der Waals surface area contributed by atoms with Gasteiger partial charge in [-0.05, 0) is 59.3 Å². The van der Waals surface area contributed by atoms with Crippen LogP contribution in [0.1, 0.15) is 27.6 Å². The molecule has 1 heterocycles. The zero-order valence-electron chi connectivity index (χ0n) is 14.3. The smallest absolute Gasteiger partial charge is 0.341 e. The van der Waals surface area contributed by atoms with E-state index in [9.17, 15) is 9.59 Å².